The summed E-state index contributed by atoms with van der Waals surface area (Å²) in [4.78, 5) is 15.0. The molecule has 5 heteroatoms. The molecule has 120 valence electrons. The van der Waals surface area contributed by atoms with E-state index < -0.39 is 5.97 Å². The van der Waals surface area contributed by atoms with Crippen LogP contribution in [0, 0.1) is 0 Å². The predicted molar refractivity (Wildman–Crippen MR) is 85.4 cm³/mol. The largest absolute Gasteiger partial charge is 1.00 e. The number of hydrogen-bond acceptors (Lipinski definition) is 2. The van der Waals surface area contributed by atoms with Crippen LogP contribution < -0.4 is 29.6 Å². The van der Waals surface area contributed by atoms with Crippen molar-refractivity contribution in [3.8, 4) is 0 Å². The van der Waals surface area contributed by atoms with Crippen molar-refractivity contribution in [2.24, 2.45) is 0 Å². The summed E-state index contributed by atoms with van der Waals surface area (Å²) in [5.74, 6) is 0.0919. The second kappa shape index (κ2) is 14.3. The van der Waals surface area contributed by atoms with E-state index in [9.17, 15) is 4.79 Å². The van der Waals surface area contributed by atoms with E-state index in [1.807, 2.05) is 0 Å². The fraction of sp³-hybridized carbons (Fsp3) is 0.765. The van der Waals surface area contributed by atoms with Crippen molar-refractivity contribution in [2.45, 2.75) is 84.1 Å². The third-order valence-electron chi connectivity index (χ3n) is 3.86. The zero-order chi connectivity index (χ0) is 15.3. The van der Waals surface area contributed by atoms with Crippen LogP contribution in [0.4, 0.5) is 0 Å². The minimum absolute atomic E-state index is 0. The molecule has 0 aliphatic rings. The van der Waals surface area contributed by atoms with Crippen LogP contribution in [0.5, 0.6) is 0 Å². The average Bonchev–Trinajstić information content (AvgIpc) is 2.87. The van der Waals surface area contributed by atoms with Gasteiger partial charge in [-0.25, -0.2) is 4.98 Å². The van der Waals surface area contributed by atoms with Crippen molar-refractivity contribution < 1.29 is 39.5 Å². The Morgan fingerprint density at radius 3 is 2.14 bits per heavy atom. The standard InChI is InChI=1S/C17H30N2O2.Na/c1-2-3-4-5-6-7-8-9-10-11-12-16-18-13-14-19(16)15-17(20)21;/h13-14H,2-12,15H2,1H3,(H,20,21);/q;+1. The van der Waals surface area contributed by atoms with E-state index in [1.54, 1.807) is 17.0 Å². The van der Waals surface area contributed by atoms with Crippen LogP contribution in [-0.2, 0) is 17.8 Å². The first-order chi connectivity index (χ1) is 10.2. The number of imidazole rings is 1. The molecule has 0 aliphatic carbocycles. The first-order valence-corrected chi connectivity index (χ1v) is 8.46. The molecule has 1 rings (SSSR count). The Hall–Kier alpha value is -0.320. The molecule has 1 N–H and O–H groups in total. The fourth-order valence-electron chi connectivity index (χ4n) is 2.63. The van der Waals surface area contributed by atoms with E-state index in [0.29, 0.717) is 0 Å². The van der Waals surface area contributed by atoms with Gasteiger partial charge in [-0.2, -0.15) is 0 Å². The van der Waals surface area contributed by atoms with Gasteiger partial charge in [0.25, 0.3) is 0 Å². The van der Waals surface area contributed by atoms with Crippen LogP contribution in [-0.4, -0.2) is 20.6 Å². The molecule has 0 bridgehead atoms. The summed E-state index contributed by atoms with van der Waals surface area (Å²) < 4.78 is 1.73. The Labute approximate surface area is 157 Å². The molecule has 0 saturated heterocycles. The zero-order valence-electron chi connectivity index (χ0n) is 14.4. The second-order valence-corrected chi connectivity index (χ2v) is 5.80. The van der Waals surface area contributed by atoms with Crippen LogP contribution in [0.15, 0.2) is 12.4 Å². The van der Waals surface area contributed by atoms with Gasteiger partial charge in [-0.3, -0.25) is 4.79 Å². The first kappa shape index (κ1) is 21.7. The molecular weight excluding hydrogens is 287 g/mol. The first-order valence-electron chi connectivity index (χ1n) is 8.46. The number of aryl methyl sites for hydroxylation is 1. The number of rotatable bonds is 13. The van der Waals surface area contributed by atoms with E-state index in [2.05, 4.69) is 11.9 Å². The third-order valence-corrected chi connectivity index (χ3v) is 3.86. The average molecular weight is 317 g/mol. The fourth-order valence-corrected chi connectivity index (χ4v) is 2.63. The van der Waals surface area contributed by atoms with Crippen molar-refractivity contribution >= 4 is 5.97 Å². The molecule has 1 aromatic heterocycles. The number of carboxylic acids is 1. The number of aromatic nitrogens is 2. The van der Waals surface area contributed by atoms with E-state index in [4.69, 9.17) is 5.11 Å². The molecule has 0 spiro atoms. The van der Waals surface area contributed by atoms with Crippen molar-refractivity contribution in [3.05, 3.63) is 18.2 Å². The molecule has 1 heterocycles. The summed E-state index contributed by atoms with van der Waals surface area (Å²) in [6, 6.07) is 0. The van der Waals surface area contributed by atoms with E-state index in [0.717, 1.165) is 18.7 Å². The Morgan fingerprint density at radius 1 is 1.05 bits per heavy atom. The molecule has 0 aromatic carbocycles. The minimum Gasteiger partial charge on any atom is -0.480 e. The molecule has 0 fully saturated rings. The molecule has 0 aliphatic heterocycles. The molecule has 0 unspecified atom stereocenters. The molecule has 22 heavy (non-hydrogen) atoms. The molecule has 0 radical (unpaired) electrons. The van der Waals surface area contributed by atoms with Gasteiger partial charge in [0, 0.05) is 18.8 Å². The normalized spacial score (nSPS) is 10.4. The van der Waals surface area contributed by atoms with Crippen molar-refractivity contribution in [2.75, 3.05) is 0 Å². The maximum atomic E-state index is 10.7. The second-order valence-electron chi connectivity index (χ2n) is 5.80. The summed E-state index contributed by atoms with van der Waals surface area (Å²) in [6.07, 6.45) is 17.5. The van der Waals surface area contributed by atoms with E-state index in [1.165, 1.54) is 57.8 Å². The number of nitrogens with zero attached hydrogens (tertiary/aromatic N) is 2. The van der Waals surface area contributed by atoms with Gasteiger partial charge in [0.1, 0.15) is 12.4 Å². The molecular formula is C17H30N2NaO2+. The smallest absolute Gasteiger partial charge is 0.480 e. The maximum Gasteiger partial charge on any atom is 1.00 e. The molecule has 4 nitrogen and oxygen atoms in total. The van der Waals surface area contributed by atoms with Gasteiger partial charge >= 0.3 is 35.5 Å². The third kappa shape index (κ3) is 10.4. The van der Waals surface area contributed by atoms with Crippen molar-refractivity contribution in [1.29, 1.82) is 0 Å². The van der Waals surface area contributed by atoms with Gasteiger partial charge in [0.2, 0.25) is 0 Å². The number of carboxylic acid groups (broad SMARTS) is 1. The summed E-state index contributed by atoms with van der Waals surface area (Å²) in [5.41, 5.74) is 0. The predicted octanol–water partition coefficient (Wildman–Crippen LogP) is 1.44. The summed E-state index contributed by atoms with van der Waals surface area (Å²) >= 11 is 0. The number of aliphatic carboxylic acids is 1. The Balaban J connectivity index is 0.00000441. The topological polar surface area (TPSA) is 55.1 Å². The van der Waals surface area contributed by atoms with Crippen LogP contribution in [0.25, 0.3) is 0 Å². The summed E-state index contributed by atoms with van der Waals surface area (Å²) in [6.45, 7) is 2.27. The zero-order valence-corrected chi connectivity index (χ0v) is 16.4. The number of hydrogen-bond donors (Lipinski definition) is 1. The van der Waals surface area contributed by atoms with Gasteiger partial charge in [-0.1, -0.05) is 64.7 Å². The maximum absolute atomic E-state index is 10.7. The van der Waals surface area contributed by atoms with Gasteiger partial charge in [-0.05, 0) is 6.42 Å². The quantitative estimate of drug-likeness (QED) is 0.442. The van der Waals surface area contributed by atoms with Gasteiger partial charge in [0.15, 0.2) is 0 Å². The van der Waals surface area contributed by atoms with Crippen molar-refractivity contribution in [3.63, 3.8) is 0 Å². The Morgan fingerprint density at radius 2 is 1.59 bits per heavy atom. The SMILES string of the molecule is CCCCCCCCCCCCc1nccn1CC(=O)O.[Na+]. The molecule has 1 aromatic rings. The number of unbranched alkanes of at least 4 members (excludes halogenated alkanes) is 9. The Bertz CT molecular complexity index is 394. The van der Waals surface area contributed by atoms with Gasteiger partial charge in [-0.15, -0.1) is 0 Å². The van der Waals surface area contributed by atoms with E-state index >= 15 is 0 Å². The Kier molecular flexibility index (Phi) is 14.1. The van der Waals surface area contributed by atoms with Crippen molar-refractivity contribution in [1.82, 2.24) is 9.55 Å². The minimum atomic E-state index is -0.808. The summed E-state index contributed by atoms with van der Waals surface area (Å²) in [5, 5.41) is 8.81. The van der Waals surface area contributed by atoms with E-state index in [-0.39, 0.29) is 36.1 Å². The molecule has 0 amide bonds. The number of carbonyl (C=O) groups is 1. The van der Waals surface area contributed by atoms with Gasteiger partial charge in [0.05, 0.1) is 0 Å². The van der Waals surface area contributed by atoms with Gasteiger partial charge < -0.3 is 9.67 Å². The van der Waals surface area contributed by atoms with Crippen LogP contribution in [0.3, 0.4) is 0 Å². The van der Waals surface area contributed by atoms with Crippen LogP contribution in [0.1, 0.15) is 77.0 Å². The molecule has 0 atom stereocenters. The summed E-state index contributed by atoms with van der Waals surface area (Å²) in [7, 11) is 0. The van der Waals surface area contributed by atoms with Crippen LogP contribution in [0.2, 0.25) is 0 Å². The monoisotopic (exact) mass is 317 g/mol. The van der Waals surface area contributed by atoms with Crippen LogP contribution >= 0.6 is 0 Å². The molecule has 0 saturated carbocycles.